The minimum Gasteiger partial charge on any atom is -0.484 e. The fraction of sp³-hybridized carbons (Fsp3) is 0.385. The average Bonchev–Trinajstić information content (AvgIpc) is 2.34. The molecule has 1 aromatic carbocycles. The average molecular weight is 270 g/mol. The number of rotatable bonds is 7. The lowest BCUT2D eigenvalue weighted by molar-refractivity contribution is -0.116. The quantitative estimate of drug-likeness (QED) is 0.713. The van der Waals surface area contributed by atoms with Crippen LogP contribution in [0.2, 0.25) is 5.02 Å². The summed E-state index contributed by atoms with van der Waals surface area (Å²) < 4.78 is 5.32. The minimum atomic E-state index is -0.00478. The molecule has 0 amide bonds. The number of nitrogens with zero attached hydrogens (tertiary/aromatic N) is 1. The molecule has 0 saturated heterocycles. The van der Waals surface area contributed by atoms with Crippen molar-refractivity contribution in [3.8, 4) is 5.75 Å². The first kappa shape index (κ1) is 14.5. The molecule has 0 fully saturated rings. The fourth-order valence-corrected chi connectivity index (χ4v) is 1.65. The van der Waals surface area contributed by atoms with E-state index < -0.39 is 0 Å². The van der Waals surface area contributed by atoms with Gasteiger partial charge in [0.2, 0.25) is 0 Å². The van der Waals surface area contributed by atoms with Crippen molar-refractivity contribution in [1.82, 2.24) is 0 Å². The normalized spacial score (nSPS) is 9.94. The number of benzene rings is 1. The molecule has 0 N–H and O–H groups in total. The number of carbonyl (C=O) groups excluding carboxylic acids is 2. The highest BCUT2D eigenvalue weighted by Gasteiger charge is 2.10. The summed E-state index contributed by atoms with van der Waals surface area (Å²) in [6.45, 7) is 2.12. The Bertz CT molecular complexity index is 434. The van der Waals surface area contributed by atoms with E-state index in [1.54, 1.807) is 25.1 Å². The lowest BCUT2D eigenvalue weighted by Gasteiger charge is -2.21. The number of hydrogen-bond acceptors (Lipinski definition) is 4. The molecule has 1 rings (SSSR count). The molecule has 0 radical (unpaired) electrons. The van der Waals surface area contributed by atoms with E-state index in [1.165, 1.54) is 0 Å². The van der Waals surface area contributed by atoms with E-state index in [0.29, 0.717) is 30.0 Å². The summed E-state index contributed by atoms with van der Waals surface area (Å²) in [5, 5.41) is 0.582. The molecule has 0 bridgehead atoms. The van der Waals surface area contributed by atoms with Crippen LogP contribution in [0.5, 0.6) is 5.75 Å². The number of Topliss-reactive ketones (excluding diaryl/α,β-unsaturated/α-hetero) is 1. The molecule has 0 spiro atoms. The van der Waals surface area contributed by atoms with Crippen LogP contribution in [0.4, 0.5) is 5.69 Å². The van der Waals surface area contributed by atoms with Gasteiger partial charge in [0, 0.05) is 25.0 Å². The topological polar surface area (TPSA) is 46.6 Å². The predicted octanol–water partition coefficient (Wildman–Crippen LogP) is 2.33. The van der Waals surface area contributed by atoms with Gasteiger partial charge >= 0.3 is 0 Å². The molecule has 0 heterocycles. The van der Waals surface area contributed by atoms with E-state index in [0.717, 1.165) is 5.69 Å². The van der Waals surface area contributed by atoms with E-state index in [4.69, 9.17) is 16.3 Å². The zero-order chi connectivity index (χ0) is 13.5. The molecule has 0 aliphatic carbocycles. The van der Waals surface area contributed by atoms with E-state index >= 15 is 0 Å². The van der Waals surface area contributed by atoms with Crippen molar-refractivity contribution in [2.75, 3.05) is 25.1 Å². The molecule has 0 unspecified atom stereocenters. The highest BCUT2D eigenvalue weighted by molar-refractivity contribution is 6.30. The lowest BCUT2D eigenvalue weighted by atomic mass is 10.2. The molecule has 0 aliphatic heterocycles. The van der Waals surface area contributed by atoms with E-state index in [1.807, 2.05) is 11.9 Å². The largest absolute Gasteiger partial charge is 0.484 e. The molecule has 5 heteroatoms. The van der Waals surface area contributed by atoms with Crippen LogP contribution in [0.1, 0.15) is 13.3 Å². The van der Waals surface area contributed by atoms with Gasteiger partial charge in [-0.3, -0.25) is 9.59 Å². The number of ketones is 1. The van der Waals surface area contributed by atoms with Gasteiger partial charge in [0.15, 0.2) is 6.29 Å². The highest BCUT2D eigenvalue weighted by atomic mass is 35.5. The van der Waals surface area contributed by atoms with Gasteiger partial charge in [0.1, 0.15) is 18.1 Å². The molecule has 1 aromatic rings. The van der Waals surface area contributed by atoms with Crippen LogP contribution in [0, 0.1) is 0 Å². The number of halogens is 1. The van der Waals surface area contributed by atoms with Crippen LogP contribution in [0.25, 0.3) is 0 Å². The van der Waals surface area contributed by atoms with Crippen molar-refractivity contribution in [3.63, 3.8) is 0 Å². The second-order valence-corrected chi connectivity index (χ2v) is 4.40. The third-order valence-electron chi connectivity index (χ3n) is 2.44. The van der Waals surface area contributed by atoms with Crippen LogP contribution in [-0.4, -0.2) is 32.3 Å². The van der Waals surface area contributed by atoms with Crippen LogP contribution < -0.4 is 9.64 Å². The standard InChI is InChI=1S/C13H16ClNO3/c1-10(17)5-6-15(2)12-9-11(14)3-4-13(12)18-8-7-16/h3-4,7,9H,5-6,8H2,1-2H3. The van der Waals surface area contributed by atoms with Crippen LogP contribution in [-0.2, 0) is 9.59 Å². The van der Waals surface area contributed by atoms with Gasteiger partial charge in [-0.25, -0.2) is 0 Å². The van der Waals surface area contributed by atoms with Gasteiger partial charge in [-0.15, -0.1) is 0 Å². The Morgan fingerprint density at radius 2 is 2.22 bits per heavy atom. The van der Waals surface area contributed by atoms with Crippen molar-refractivity contribution in [3.05, 3.63) is 23.2 Å². The molecular weight excluding hydrogens is 254 g/mol. The second-order valence-electron chi connectivity index (χ2n) is 3.96. The Kier molecular flexibility index (Phi) is 5.65. The number of aldehydes is 1. The Balaban J connectivity index is 2.85. The second kappa shape index (κ2) is 7.01. The predicted molar refractivity (Wildman–Crippen MR) is 71.6 cm³/mol. The Morgan fingerprint density at radius 1 is 1.50 bits per heavy atom. The molecule has 0 aliphatic rings. The highest BCUT2D eigenvalue weighted by Crippen LogP contribution is 2.30. The van der Waals surface area contributed by atoms with Gasteiger partial charge < -0.3 is 9.64 Å². The monoisotopic (exact) mass is 269 g/mol. The van der Waals surface area contributed by atoms with E-state index in [2.05, 4.69) is 0 Å². The van der Waals surface area contributed by atoms with Crippen LogP contribution >= 0.6 is 11.6 Å². The molecule has 4 nitrogen and oxygen atoms in total. The Morgan fingerprint density at radius 3 is 2.83 bits per heavy atom. The number of carbonyl (C=O) groups is 2. The van der Waals surface area contributed by atoms with Gasteiger partial charge in [0.05, 0.1) is 5.69 Å². The summed E-state index contributed by atoms with van der Waals surface area (Å²) >= 11 is 5.94. The van der Waals surface area contributed by atoms with Crippen molar-refractivity contribution < 1.29 is 14.3 Å². The van der Waals surface area contributed by atoms with Crippen molar-refractivity contribution in [2.45, 2.75) is 13.3 Å². The van der Waals surface area contributed by atoms with Crippen molar-refractivity contribution in [2.24, 2.45) is 0 Å². The molecule has 0 saturated carbocycles. The molecular formula is C13H16ClNO3. The number of ether oxygens (including phenoxy) is 1. The summed E-state index contributed by atoms with van der Waals surface area (Å²) in [7, 11) is 1.85. The van der Waals surface area contributed by atoms with Crippen molar-refractivity contribution >= 4 is 29.4 Å². The first-order valence-electron chi connectivity index (χ1n) is 5.61. The summed E-state index contributed by atoms with van der Waals surface area (Å²) in [5.74, 6) is 0.705. The maximum Gasteiger partial charge on any atom is 0.157 e. The van der Waals surface area contributed by atoms with E-state index in [-0.39, 0.29) is 12.4 Å². The zero-order valence-corrected chi connectivity index (χ0v) is 11.2. The summed E-state index contributed by atoms with van der Waals surface area (Å²) in [6.07, 6.45) is 1.14. The maximum absolute atomic E-state index is 11.0. The molecule has 18 heavy (non-hydrogen) atoms. The first-order valence-corrected chi connectivity index (χ1v) is 5.99. The van der Waals surface area contributed by atoms with Crippen LogP contribution in [0.3, 0.4) is 0 Å². The Labute approximate surface area is 111 Å². The SMILES string of the molecule is CC(=O)CCN(C)c1cc(Cl)ccc1OCC=O. The van der Waals surface area contributed by atoms with E-state index in [9.17, 15) is 9.59 Å². The Hall–Kier alpha value is -1.55. The number of hydrogen-bond donors (Lipinski definition) is 0. The molecule has 0 aromatic heterocycles. The first-order chi connectivity index (χ1) is 8.54. The molecule has 0 atom stereocenters. The lowest BCUT2D eigenvalue weighted by Crippen LogP contribution is -2.21. The van der Waals surface area contributed by atoms with Gasteiger partial charge in [-0.1, -0.05) is 11.6 Å². The summed E-state index contributed by atoms with van der Waals surface area (Å²) in [4.78, 5) is 23.2. The van der Waals surface area contributed by atoms with Crippen molar-refractivity contribution in [1.29, 1.82) is 0 Å². The van der Waals surface area contributed by atoms with Crippen LogP contribution in [0.15, 0.2) is 18.2 Å². The number of anilines is 1. The minimum absolute atomic E-state index is 0.00478. The zero-order valence-electron chi connectivity index (χ0n) is 10.5. The van der Waals surface area contributed by atoms with Gasteiger partial charge in [-0.05, 0) is 25.1 Å². The fourth-order valence-electron chi connectivity index (χ4n) is 1.48. The molecule has 98 valence electrons. The smallest absolute Gasteiger partial charge is 0.157 e. The summed E-state index contributed by atoms with van der Waals surface area (Å²) in [5.41, 5.74) is 0.769. The van der Waals surface area contributed by atoms with Gasteiger partial charge in [-0.2, -0.15) is 0 Å². The summed E-state index contributed by atoms with van der Waals surface area (Å²) in [6, 6.07) is 5.16. The maximum atomic E-state index is 11.0. The third-order valence-corrected chi connectivity index (χ3v) is 2.67. The van der Waals surface area contributed by atoms with Gasteiger partial charge in [0.25, 0.3) is 0 Å². The third kappa shape index (κ3) is 4.37.